The summed E-state index contributed by atoms with van der Waals surface area (Å²) in [6.45, 7) is 0. The van der Waals surface area contributed by atoms with Gasteiger partial charge in [0.1, 0.15) is 11.7 Å². The number of nitrogen functional groups attached to an aromatic ring is 1. The van der Waals surface area contributed by atoms with E-state index in [0.717, 1.165) is 6.08 Å². The van der Waals surface area contributed by atoms with Crippen LogP contribution in [0.4, 0.5) is 10.1 Å². The summed E-state index contributed by atoms with van der Waals surface area (Å²) in [5.41, 5.74) is 7.39. The van der Waals surface area contributed by atoms with Crippen molar-refractivity contribution in [2.24, 2.45) is 10.9 Å². The quantitative estimate of drug-likeness (QED) is 0.267. The van der Waals surface area contributed by atoms with E-state index >= 15 is 0 Å². The van der Waals surface area contributed by atoms with Gasteiger partial charge in [-0.1, -0.05) is 30.3 Å². The molecular formula is C22H19FN4O3S. The van der Waals surface area contributed by atoms with Crippen molar-refractivity contribution >= 4 is 33.5 Å². The summed E-state index contributed by atoms with van der Waals surface area (Å²) >= 11 is 0. The number of carbonyl (C=O) groups excluding carboxylic acids is 1. The van der Waals surface area contributed by atoms with Crippen LogP contribution in [0.15, 0.2) is 77.7 Å². The average Bonchev–Trinajstić information content (AvgIpc) is 2.73. The first kappa shape index (κ1) is 21.9. The fourth-order valence-electron chi connectivity index (χ4n) is 2.87. The number of hydrogen-bond acceptors (Lipinski definition) is 4. The summed E-state index contributed by atoms with van der Waals surface area (Å²) < 4.78 is 37.4. The van der Waals surface area contributed by atoms with E-state index in [1.807, 2.05) is 0 Å². The smallest absolute Gasteiger partial charge is 0.248 e. The lowest BCUT2D eigenvalue weighted by atomic mass is 10.1. The second kappa shape index (κ2) is 8.90. The number of nitrogens with one attached hydrogen (secondary N) is 2. The third-order valence-electron chi connectivity index (χ3n) is 4.38. The van der Waals surface area contributed by atoms with E-state index in [0.29, 0.717) is 22.4 Å². The Hall–Kier alpha value is -3.82. The topological polar surface area (TPSA) is 139 Å². The maximum absolute atomic E-state index is 13.9. The molecule has 0 saturated heterocycles. The first-order valence-electron chi connectivity index (χ1n) is 9.00. The molecule has 0 radical (unpaired) electrons. The van der Waals surface area contributed by atoms with Crippen molar-refractivity contribution in [1.29, 1.82) is 5.41 Å². The highest BCUT2D eigenvalue weighted by atomic mass is 32.2. The van der Waals surface area contributed by atoms with Crippen LogP contribution in [0.25, 0.3) is 17.2 Å². The van der Waals surface area contributed by atoms with Gasteiger partial charge < -0.3 is 11.1 Å². The maximum atomic E-state index is 13.9. The lowest BCUT2D eigenvalue weighted by Crippen LogP contribution is -2.13. The molecular weight excluding hydrogens is 419 g/mol. The lowest BCUT2D eigenvalue weighted by Gasteiger charge is -2.09. The Kier molecular flexibility index (Phi) is 6.28. The molecule has 3 aromatic rings. The summed E-state index contributed by atoms with van der Waals surface area (Å²) in [7, 11) is -3.89. The molecule has 3 aromatic carbocycles. The number of hydrogen-bond donors (Lipinski definition) is 4. The molecule has 0 heterocycles. The van der Waals surface area contributed by atoms with Gasteiger partial charge in [0.05, 0.1) is 4.90 Å². The van der Waals surface area contributed by atoms with Crippen LogP contribution >= 0.6 is 0 Å². The summed E-state index contributed by atoms with van der Waals surface area (Å²) in [5.74, 6) is -1.25. The summed E-state index contributed by atoms with van der Waals surface area (Å²) in [4.78, 5) is 12.2. The van der Waals surface area contributed by atoms with Crippen LogP contribution < -0.4 is 16.2 Å². The molecule has 3 rings (SSSR count). The van der Waals surface area contributed by atoms with Crippen molar-refractivity contribution in [1.82, 2.24) is 0 Å². The summed E-state index contributed by atoms with van der Waals surface area (Å²) in [5, 5.41) is 15.3. The van der Waals surface area contributed by atoms with Crippen LogP contribution in [0.3, 0.4) is 0 Å². The Bertz CT molecular complexity index is 1290. The largest absolute Gasteiger partial charge is 0.384 e. The van der Waals surface area contributed by atoms with Gasteiger partial charge in [-0.3, -0.25) is 10.2 Å². The molecule has 0 fully saturated rings. The molecule has 0 bridgehead atoms. The van der Waals surface area contributed by atoms with E-state index in [1.165, 1.54) is 30.3 Å². The van der Waals surface area contributed by atoms with E-state index < -0.39 is 21.7 Å². The highest BCUT2D eigenvalue weighted by Crippen LogP contribution is 2.27. The Morgan fingerprint density at radius 2 is 1.71 bits per heavy atom. The molecule has 0 aliphatic carbocycles. The van der Waals surface area contributed by atoms with Crippen LogP contribution in [-0.4, -0.2) is 20.2 Å². The zero-order valence-electron chi connectivity index (χ0n) is 16.2. The van der Waals surface area contributed by atoms with Crippen LogP contribution in [0, 0.1) is 11.2 Å². The van der Waals surface area contributed by atoms with Crippen LogP contribution in [0.2, 0.25) is 0 Å². The highest BCUT2D eigenvalue weighted by molar-refractivity contribution is 7.89. The molecule has 31 heavy (non-hydrogen) atoms. The van der Waals surface area contributed by atoms with Gasteiger partial charge in [-0.25, -0.2) is 17.9 Å². The minimum Gasteiger partial charge on any atom is -0.384 e. The van der Waals surface area contributed by atoms with Gasteiger partial charge in [0.2, 0.25) is 15.9 Å². The number of primary sulfonamides is 1. The van der Waals surface area contributed by atoms with Crippen molar-refractivity contribution < 1.29 is 17.6 Å². The second-order valence-corrected chi connectivity index (χ2v) is 8.12. The Balaban J connectivity index is 1.75. The van der Waals surface area contributed by atoms with E-state index in [9.17, 15) is 17.6 Å². The predicted molar refractivity (Wildman–Crippen MR) is 118 cm³/mol. The van der Waals surface area contributed by atoms with Crippen molar-refractivity contribution in [2.75, 3.05) is 5.32 Å². The molecule has 0 aliphatic rings. The first-order valence-corrected chi connectivity index (χ1v) is 10.5. The number of halogens is 1. The van der Waals surface area contributed by atoms with E-state index in [2.05, 4.69) is 5.32 Å². The van der Waals surface area contributed by atoms with Gasteiger partial charge in [-0.2, -0.15) is 0 Å². The van der Waals surface area contributed by atoms with Crippen molar-refractivity contribution in [3.8, 4) is 11.1 Å². The van der Waals surface area contributed by atoms with Crippen LogP contribution in [-0.2, 0) is 14.8 Å². The van der Waals surface area contributed by atoms with Crippen molar-refractivity contribution in [3.63, 3.8) is 0 Å². The standard InChI is InChI=1S/C22H19FN4O3S/c23-19-11-7-16(22(24)25)13-15(19)8-12-21(28)27-17-9-5-14(6-10-17)18-3-1-2-4-20(18)31(26,29)30/h1-13H,(H3,24,25)(H,27,28)(H2,26,29,30)/b12-8-. The number of benzene rings is 3. The number of sulfonamides is 1. The number of rotatable bonds is 6. The zero-order chi connectivity index (χ0) is 22.6. The van der Waals surface area contributed by atoms with Gasteiger partial charge in [0.25, 0.3) is 0 Å². The average molecular weight is 438 g/mol. The Morgan fingerprint density at radius 3 is 2.35 bits per heavy atom. The van der Waals surface area contributed by atoms with Gasteiger partial charge >= 0.3 is 0 Å². The summed E-state index contributed by atoms with van der Waals surface area (Å²) in [6, 6.07) is 16.8. The van der Waals surface area contributed by atoms with Crippen LogP contribution in [0.1, 0.15) is 11.1 Å². The number of anilines is 1. The molecule has 0 unspecified atom stereocenters. The third-order valence-corrected chi connectivity index (χ3v) is 5.35. The third kappa shape index (κ3) is 5.41. The van der Waals surface area contributed by atoms with Gasteiger partial charge in [0, 0.05) is 28.5 Å². The molecule has 6 N–H and O–H groups in total. The van der Waals surface area contributed by atoms with E-state index in [-0.39, 0.29) is 16.3 Å². The predicted octanol–water partition coefficient (Wildman–Crippen LogP) is 3.08. The monoisotopic (exact) mass is 438 g/mol. The molecule has 0 aliphatic heterocycles. The Labute approximate surface area is 178 Å². The normalized spacial score (nSPS) is 11.4. The minimum absolute atomic E-state index is 0.00420. The summed E-state index contributed by atoms with van der Waals surface area (Å²) in [6.07, 6.45) is 2.44. The molecule has 7 nitrogen and oxygen atoms in total. The molecule has 1 amide bonds. The second-order valence-electron chi connectivity index (χ2n) is 6.59. The number of nitrogens with two attached hydrogens (primary N) is 2. The molecule has 0 atom stereocenters. The molecule has 0 aromatic heterocycles. The zero-order valence-corrected chi connectivity index (χ0v) is 17.0. The molecule has 0 saturated carbocycles. The maximum Gasteiger partial charge on any atom is 0.248 e. The first-order chi connectivity index (χ1) is 14.6. The number of amidine groups is 1. The molecule has 158 valence electrons. The van der Waals surface area contributed by atoms with Crippen molar-refractivity contribution in [2.45, 2.75) is 4.90 Å². The fourth-order valence-corrected chi connectivity index (χ4v) is 3.64. The van der Waals surface area contributed by atoms with Crippen molar-refractivity contribution in [3.05, 3.63) is 89.8 Å². The number of amides is 1. The minimum atomic E-state index is -3.89. The van der Waals surface area contributed by atoms with Gasteiger partial charge in [0.15, 0.2) is 0 Å². The van der Waals surface area contributed by atoms with Crippen LogP contribution in [0.5, 0.6) is 0 Å². The lowest BCUT2D eigenvalue weighted by molar-refractivity contribution is -0.111. The Morgan fingerprint density at radius 1 is 1.03 bits per heavy atom. The highest BCUT2D eigenvalue weighted by Gasteiger charge is 2.14. The molecule has 0 spiro atoms. The number of carbonyl (C=O) groups is 1. The molecule has 9 heteroatoms. The van der Waals surface area contributed by atoms with Gasteiger partial charge in [-0.05, 0) is 48.0 Å². The van der Waals surface area contributed by atoms with E-state index in [4.69, 9.17) is 16.3 Å². The van der Waals surface area contributed by atoms with E-state index in [1.54, 1.807) is 42.5 Å². The van der Waals surface area contributed by atoms with Gasteiger partial charge in [-0.15, -0.1) is 0 Å². The fraction of sp³-hybridized carbons (Fsp3) is 0. The SMILES string of the molecule is N=C(N)c1ccc(F)c(/C=C\C(=O)Nc2ccc(-c3ccccc3S(N)(=O)=O)cc2)c1.